The van der Waals surface area contributed by atoms with Crippen molar-refractivity contribution in [3.05, 3.63) is 144 Å². The van der Waals surface area contributed by atoms with Gasteiger partial charge in [0.25, 0.3) is 11.1 Å². The highest BCUT2D eigenvalue weighted by Gasteiger charge is 2.31. The Labute approximate surface area is 315 Å². The zero-order valence-corrected chi connectivity index (χ0v) is 32.0. The van der Waals surface area contributed by atoms with Crippen molar-refractivity contribution in [2.24, 2.45) is 0 Å². The minimum atomic E-state index is -0.238. The molecule has 0 saturated carbocycles. The molecule has 0 saturated heterocycles. The number of aromatic nitrogens is 1. The molecule has 0 unspecified atom stereocenters. The Bertz CT molecular complexity index is 3180. The predicted octanol–water partition coefficient (Wildman–Crippen LogP) is 12.4. The van der Waals surface area contributed by atoms with E-state index in [1.54, 1.807) is 0 Å². The number of benzene rings is 8. The molecule has 0 aliphatic rings. The molecule has 0 fully saturated rings. The summed E-state index contributed by atoms with van der Waals surface area (Å²) in [6.45, 7) is 11.1. The maximum absolute atomic E-state index is 15.2. The van der Waals surface area contributed by atoms with Crippen LogP contribution < -0.4 is 11.1 Å². The van der Waals surface area contributed by atoms with Gasteiger partial charge >= 0.3 is 0 Å². The van der Waals surface area contributed by atoms with Gasteiger partial charge in [-0.25, -0.2) is 4.57 Å². The van der Waals surface area contributed by atoms with Crippen molar-refractivity contribution >= 4 is 87.2 Å². The molecule has 9 aromatic carbocycles. The van der Waals surface area contributed by atoms with Crippen molar-refractivity contribution < 1.29 is 0 Å². The third kappa shape index (κ3) is 4.07. The highest BCUT2D eigenvalue weighted by Crippen LogP contribution is 2.54. The standard InChI is InChI=1S/C48H36INO2/c1-6-12-27-14-11-18-37(49)45(27)50-46(51)43-34-23-32(28-15-8-7-13-25(28)2)30-21-19-26-20-22-31-33(29-16-9-10-17-36(29)48(3,4)5)24-35(44(43)47(50)52)42-40(31)38(26)39(30)41(34)42/h7-11,13-24H,6,12H2,1-5H3. The monoisotopic (exact) mass is 785 g/mol. The Kier molecular flexibility index (Phi) is 6.68. The summed E-state index contributed by atoms with van der Waals surface area (Å²) < 4.78 is 2.40. The van der Waals surface area contributed by atoms with E-state index in [0.717, 1.165) is 71.5 Å². The van der Waals surface area contributed by atoms with Crippen LogP contribution >= 0.6 is 22.6 Å². The zero-order chi connectivity index (χ0) is 35.8. The molecule has 0 N–H and O–H groups in total. The number of fused-ring (bicyclic) bond motifs is 3. The highest BCUT2D eigenvalue weighted by molar-refractivity contribution is 14.1. The number of hydrogen-bond acceptors (Lipinski definition) is 2. The van der Waals surface area contributed by atoms with Crippen LogP contribution in [0.25, 0.3) is 92.6 Å². The number of aryl methyl sites for hydroxylation is 2. The summed E-state index contributed by atoms with van der Waals surface area (Å²) in [5.41, 5.74) is 8.05. The van der Waals surface area contributed by atoms with E-state index in [2.05, 4.69) is 148 Å². The van der Waals surface area contributed by atoms with Crippen molar-refractivity contribution in [1.29, 1.82) is 0 Å². The number of para-hydroxylation sites is 1. The normalized spacial score (nSPS) is 12.7. The number of hydrogen-bond donors (Lipinski definition) is 0. The minimum Gasteiger partial charge on any atom is -0.268 e. The lowest BCUT2D eigenvalue weighted by Crippen LogP contribution is -2.25. The smallest absolute Gasteiger partial charge is 0.266 e. The second-order valence-electron chi connectivity index (χ2n) is 15.6. The summed E-state index contributed by atoms with van der Waals surface area (Å²) in [5, 5.41) is 12.1. The number of rotatable bonds is 5. The van der Waals surface area contributed by atoms with E-state index in [0.29, 0.717) is 10.8 Å². The quantitative estimate of drug-likeness (QED) is 0.129. The van der Waals surface area contributed by atoms with Crippen molar-refractivity contribution in [3.8, 4) is 27.9 Å². The van der Waals surface area contributed by atoms with Crippen LogP contribution in [0.1, 0.15) is 50.8 Å². The van der Waals surface area contributed by atoms with Crippen molar-refractivity contribution in [1.82, 2.24) is 4.57 Å². The first kappa shape index (κ1) is 31.6. The lowest BCUT2D eigenvalue weighted by molar-refractivity contribution is 0.592. The van der Waals surface area contributed by atoms with Gasteiger partial charge in [0.1, 0.15) is 0 Å². The summed E-state index contributed by atoms with van der Waals surface area (Å²) in [6, 6.07) is 36.7. The average Bonchev–Trinajstić information content (AvgIpc) is 3.62. The topological polar surface area (TPSA) is 39.1 Å². The molecule has 52 heavy (non-hydrogen) atoms. The van der Waals surface area contributed by atoms with Crippen LogP contribution in [-0.2, 0) is 11.8 Å². The molecule has 0 atom stereocenters. The molecule has 1 heterocycles. The van der Waals surface area contributed by atoms with Gasteiger partial charge in [0.05, 0.1) is 16.5 Å². The minimum absolute atomic E-state index is 0.109. The Morgan fingerprint density at radius 3 is 1.73 bits per heavy atom. The van der Waals surface area contributed by atoms with Gasteiger partial charge in [0.2, 0.25) is 0 Å². The molecule has 1 aromatic heterocycles. The van der Waals surface area contributed by atoms with Gasteiger partial charge in [-0.15, -0.1) is 0 Å². The van der Waals surface area contributed by atoms with E-state index in [1.807, 2.05) is 12.1 Å². The number of nitrogens with zero attached hydrogens (tertiary/aromatic N) is 1. The molecular formula is C48H36INO2. The van der Waals surface area contributed by atoms with Crippen molar-refractivity contribution in [2.45, 2.75) is 52.9 Å². The first-order chi connectivity index (χ1) is 25.1. The van der Waals surface area contributed by atoms with Crippen LogP contribution in [0.3, 0.4) is 0 Å². The van der Waals surface area contributed by atoms with Gasteiger partial charge in [-0.3, -0.25) is 9.59 Å². The van der Waals surface area contributed by atoms with Crippen LogP contribution in [0.5, 0.6) is 0 Å². The molecule has 0 spiro atoms. The van der Waals surface area contributed by atoms with E-state index in [-0.39, 0.29) is 16.5 Å². The van der Waals surface area contributed by atoms with Crippen LogP contribution in [0, 0.1) is 10.5 Å². The van der Waals surface area contributed by atoms with Crippen LogP contribution in [0.15, 0.2) is 113 Å². The summed E-state index contributed by atoms with van der Waals surface area (Å²) in [5.74, 6) is 0. The van der Waals surface area contributed by atoms with E-state index >= 15 is 9.59 Å². The predicted molar refractivity (Wildman–Crippen MR) is 229 cm³/mol. The summed E-state index contributed by atoms with van der Waals surface area (Å²) >= 11 is 2.29. The van der Waals surface area contributed by atoms with Gasteiger partial charge in [0, 0.05) is 3.57 Å². The van der Waals surface area contributed by atoms with E-state index in [9.17, 15) is 0 Å². The largest absolute Gasteiger partial charge is 0.268 e. The van der Waals surface area contributed by atoms with Gasteiger partial charge in [0.15, 0.2) is 0 Å². The maximum atomic E-state index is 15.2. The molecule has 252 valence electrons. The van der Waals surface area contributed by atoms with E-state index in [1.165, 1.54) is 48.0 Å². The van der Waals surface area contributed by atoms with Crippen LogP contribution in [-0.4, -0.2) is 4.57 Å². The molecule has 0 radical (unpaired) electrons. The Morgan fingerprint density at radius 1 is 0.577 bits per heavy atom. The zero-order valence-electron chi connectivity index (χ0n) is 29.9. The lowest BCUT2D eigenvalue weighted by Gasteiger charge is -2.24. The molecule has 10 aromatic rings. The summed E-state index contributed by atoms with van der Waals surface area (Å²) in [6.07, 6.45) is 1.69. The van der Waals surface area contributed by atoms with Crippen LogP contribution in [0.2, 0.25) is 0 Å². The third-order valence-electron chi connectivity index (χ3n) is 11.5. The second kappa shape index (κ2) is 11.0. The summed E-state index contributed by atoms with van der Waals surface area (Å²) in [4.78, 5) is 30.5. The molecule has 3 nitrogen and oxygen atoms in total. The van der Waals surface area contributed by atoms with Gasteiger partial charge in [-0.2, -0.15) is 0 Å². The van der Waals surface area contributed by atoms with Gasteiger partial charge < -0.3 is 0 Å². The molecular weight excluding hydrogens is 749 g/mol. The molecule has 0 bridgehead atoms. The van der Waals surface area contributed by atoms with E-state index < -0.39 is 0 Å². The first-order valence-corrected chi connectivity index (χ1v) is 19.3. The molecule has 0 aliphatic carbocycles. The lowest BCUT2D eigenvalue weighted by atomic mass is 9.80. The fourth-order valence-corrected chi connectivity index (χ4v) is 10.2. The highest BCUT2D eigenvalue weighted by atomic mass is 127. The number of halogens is 1. The van der Waals surface area contributed by atoms with Gasteiger partial charge in [-0.1, -0.05) is 119 Å². The Hall–Kier alpha value is -5.07. The fraction of sp³-hybridized carbons (Fsp3) is 0.167. The fourth-order valence-electron chi connectivity index (χ4n) is 9.36. The Balaban J connectivity index is 1.51. The van der Waals surface area contributed by atoms with E-state index in [4.69, 9.17) is 0 Å². The Morgan fingerprint density at radius 2 is 1.13 bits per heavy atom. The molecule has 10 rings (SSSR count). The molecule has 0 aliphatic heterocycles. The average molecular weight is 786 g/mol. The molecule has 0 amide bonds. The van der Waals surface area contributed by atoms with Gasteiger partial charge in [-0.05, 0) is 152 Å². The maximum Gasteiger partial charge on any atom is 0.266 e. The van der Waals surface area contributed by atoms with Crippen molar-refractivity contribution in [2.75, 3.05) is 0 Å². The molecule has 4 heteroatoms. The van der Waals surface area contributed by atoms with Crippen molar-refractivity contribution in [3.63, 3.8) is 0 Å². The van der Waals surface area contributed by atoms with Crippen LogP contribution in [0.4, 0.5) is 0 Å². The summed E-state index contributed by atoms with van der Waals surface area (Å²) in [7, 11) is 0. The first-order valence-electron chi connectivity index (χ1n) is 18.2. The third-order valence-corrected chi connectivity index (χ3v) is 12.4. The second-order valence-corrected chi connectivity index (χ2v) is 16.7. The SMILES string of the molecule is CCCc1cccc(I)c1-n1c(=O)c2c3cc(-c4ccccc4C)c4ccc5ccc6c(-c7ccccc7C(C)(C)C)cc(c2c1=O)c1c6c5c4c31.